The summed E-state index contributed by atoms with van der Waals surface area (Å²) in [5, 5.41) is 3.24. The largest absolute Gasteiger partial charge is 0.300 e. The van der Waals surface area contributed by atoms with E-state index in [1.165, 1.54) is 12.1 Å². The number of nitrogens with one attached hydrogen (secondary N) is 1. The number of aromatic nitrogens is 2. The van der Waals surface area contributed by atoms with Crippen LogP contribution in [0.1, 0.15) is 12.5 Å². The molecule has 3 aromatic rings. The highest BCUT2D eigenvalue weighted by atomic mass is 32.1. The summed E-state index contributed by atoms with van der Waals surface area (Å²) >= 11 is 1.11. The van der Waals surface area contributed by atoms with Crippen molar-refractivity contribution in [3.63, 3.8) is 0 Å². The van der Waals surface area contributed by atoms with Gasteiger partial charge in [-0.2, -0.15) is 9.36 Å². The van der Waals surface area contributed by atoms with Crippen molar-refractivity contribution in [2.24, 2.45) is 5.92 Å². The fourth-order valence-corrected chi connectivity index (χ4v) is 2.87. The van der Waals surface area contributed by atoms with Gasteiger partial charge in [-0.1, -0.05) is 37.3 Å². The van der Waals surface area contributed by atoms with Gasteiger partial charge in [-0.3, -0.25) is 4.79 Å². The lowest BCUT2D eigenvalue weighted by atomic mass is 10.0. The maximum Gasteiger partial charge on any atom is 0.229 e. The molecule has 2 aromatic carbocycles. The Balaban J connectivity index is 1.63. The molecule has 1 N–H and O–H groups in total. The van der Waals surface area contributed by atoms with E-state index in [0.717, 1.165) is 17.1 Å². The number of rotatable bonds is 5. The number of hydrogen-bond donors (Lipinski definition) is 1. The molecule has 0 aliphatic rings. The van der Waals surface area contributed by atoms with Crippen LogP contribution >= 0.6 is 11.5 Å². The van der Waals surface area contributed by atoms with Crippen molar-refractivity contribution in [1.82, 2.24) is 9.36 Å². The molecule has 0 bridgehead atoms. The van der Waals surface area contributed by atoms with E-state index in [4.69, 9.17) is 0 Å². The topological polar surface area (TPSA) is 54.9 Å². The molecule has 0 radical (unpaired) electrons. The molecule has 3 rings (SSSR count). The Morgan fingerprint density at radius 2 is 1.88 bits per heavy atom. The zero-order valence-corrected chi connectivity index (χ0v) is 13.9. The van der Waals surface area contributed by atoms with Crippen LogP contribution in [0.15, 0.2) is 54.6 Å². The highest BCUT2D eigenvalue weighted by molar-refractivity contribution is 7.10. The number of carbonyl (C=O) groups excluding carboxylic acids is 1. The quantitative estimate of drug-likeness (QED) is 0.758. The molecular weight excluding hydrogens is 325 g/mol. The smallest absolute Gasteiger partial charge is 0.229 e. The third kappa shape index (κ3) is 4.02. The summed E-state index contributed by atoms with van der Waals surface area (Å²) in [6.45, 7) is 1.88. The van der Waals surface area contributed by atoms with Gasteiger partial charge in [0, 0.05) is 23.0 Å². The highest BCUT2D eigenvalue weighted by Crippen LogP contribution is 2.22. The zero-order chi connectivity index (χ0) is 16.9. The molecule has 1 heterocycles. The number of carbonyl (C=O) groups is 1. The van der Waals surface area contributed by atoms with Crippen molar-refractivity contribution in [3.8, 4) is 11.4 Å². The molecule has 0 saturated heterocycles. The molecule has 1 unspecified atom stereocenters. The van der Waals surface area contributed by atoms with Crippen molar-refractivity contribution >= 4 is 22.6 Å². The number of amides is 1. The lowest BCUT2D eigenvalue weighted by molar-refractivity contribution is -0.119. The molecule has 0 aliphatic heterocycles. The monoisotopic (exact) mass is 341 g/mol. The number of benzene rings is 2. The molecule has 1 atom stereocenters. The summed E-state index contributed by atoms with van der Waals surface area (Å²) in [6, 6.07) is 15.8. The van der Waals surface area contributed by atoms with Crippen LogP contribution in [0.25, 0.3) is 11.4 Å². The average molecular weight is 341 g/mol. The summed E-state index contributed by atoms with van der Waals surface area (Å²) < 4.78 is 17.2. The summed E-state index contributed by atoms with van der Waals surface area (Å²) in [5.41, 5.74) is 1.83. The Morgan fingerprint density at radius 3 is 2.58 bits per heavy atom. The van der Waals surface area contributed by atoms with E-state index in [9.17, 15) is 9.18 Å². The maximum absolute atomic E-state index is 13.0. The van der Waals surface area contributed by atoms with Gasteiger partial charge in [-0.05, 0) is 36.2 Å². The number of nitrogens with zero attached hydrogens (tertiary/aromatic N) is 2. The molecular formula is C18H16FN3OS. The van der Waals surface area contributed by atoms with E-state index in [1.54, 1.807) is 12.1 Å². The first-order valence-electron chi connectivity index (χ1n) is 7.56. The molecule has 24 heavy (non-hydrogen) atoms. The second-order valence-corrected chi connectivity index (χ2v) is 6.26. The van der Waals surface area contributed by atoms with Crippen LogP contribution in [0.4, 0.5) is 9.52 Å². The lowest BCUT2D eigenvalue weighted by Crippen LogP contribution is -2.22. The summed E-state index contributed by atoms with van der Waals surface area (Å²) in [4.78, 5) is 16.6. The number of hydrogen-bond acceptors (Lipinski definition) is 4. The first kappa shape index (κ1) is 16.3. The fourth-order valence-electron chi connectivity index (χ4n) is 2.28. The van der Waals surface area contributed by atoms with Crippen LogP contribution in [0.3, 0.4) is 0 Å². The van der Waals surface area contributed by atoms with Gasteiger partial charge < -0.3 is 5.32 Å². The van der Waals surface area contributed by atoms with E-state index < -0.39 is 0 Å². The molecule has 1 amide bonds. The summed E-state index contributed by atoms with van der Waals surface area (Å²) in [6.07, 6.45) is 0.663. The minimum Gasteiger partial charge on any atom is -0.300 e. The van der Waals surface area contributed by atoms with Gasteiger partial charge in [0.2, 0.25) is 11.0 Å². The SMILES string of the molecule is CC(Cc1ccccc1)C(=O)Nc1nc(-c2ccc(F)cc2)ns1. The Labute approximate surface area is 143 Å². The van der Waals surface area contributed by atoms with Gasteiger partial charge in [0.05, 0.1) is 0 Å². The predicted octanol–water partition coefficient (Wildman–Crippen LogP) is 4.16. The van der Waals surface area contributed by atoms with Crippen LogP contribution in [-0.2, 0) is 11.2 Å². The van der Waals surface area contributed by atoms with Crippen LogP contribution in [0, 0.1) is 11.7 Å². The van der Waals surface area contributed by atoms with Crippen LogP contribution < -0.4 is 5.32 Å². The van der Waals surface area contributed by atoms with Crippen LogP contribution in [0.5, 0.6) is 0 Å². The predicted molar refractivity (Wildman–Crippen MR) is 93.2 cm³/mol. The summed E-state index contributed by atoms with van der Waals surface area (Å²) in [5.74, 6) is -0.102. The van der Waals surface area contributed by atoms with Crippen molar-refractivity contribution < 1.29 is 9.18 Å². The second-order valence-electron chi connectivity index (χ2n) is 5.51. The van der Waals surface area contributed by atoms with Gasteiger partial charge in [-0.25, -0.2) is 4.39 Å². The number of halogens is 1. The van der Waals surface area contributed by atoms with E-state index >= 15 is 0 Å². The van der Waals surface area contributed by atoms with Crippen molar-refractivity contribution in [2.45, 2.75) is 13.3 Å². The summed E-state index contributed by atoms with van der Waals surface area (Å²) in [7, 11) is 0. The number of anilines is 1. The lowest BCUT2D eigenvalue weighted by Gasteiger charge is -2.10. The molecule has 6 heteroatoms. The molecule has 0 saturated carbocycles. The third-order valence-electron chi connectivity index (χ3n) is 3.59. The van der Waals surface area contributed by atoms with E-state index in [2.05, 4.69) is 14.7 Å². The Kier molecular flexibility index (Phi) is 4.96. The minimum absolute atomic E-state index is 0.0966. The first-order chi connectivity index (χ1) is 11.6. The molecule has 122 valence electrons. The molecule has 4 nitrogen and oxygen atoms in total. The van der Waals surface area contributed by atoms with Crippen molar-refractivity contribution in [2.75, 3.05) is 5.32 Å². The van der Waals surface area contributed by atoms with Gasteiger partial charge in [-0.15, -0.1) is 0 Å². The molecule has 0 spiro atoms. The Morgan fingerprint density at radius 1 is 1.17 bits per heavy atom. The van der Waals surface area contributed by atoms with Crippen LogP contribution in [-0.4, -0.2) is 15.3 Å². The van der Waals surface area contributed by atoms with E-state index in [1.807, 2.05) is 37.3 Å². The Hall–Kier alpha value is -2.60. The highest BCUT2D eigenvalue weighted by Gasteiger charge is 2.16. The van der Waals surface area contributed by atoms with Crippen molar-refractivity contribution in [1.29, 1.82) is 0 Å². The fraction of sp³-hybridized carbons (Fsp3) is 0.167. The molecule has 0 aliphatic carbocycles. The van der Waals surface area contributed by atoms with Gasteiger partial charge in [0.25, 0.3) is 0 Å². The third-order valence-corrected chi connectivity index (χ3v) is 4.22. The molecule has 1 aromatic heterocycles. The van der Waals surface area contributed by atoms with Gasteiger partial charge >= 0.3 is 0 Å². The minimum atomic E-state index is -0.308. The van der Waals surface area contributed by atoms with E-state index in [-0.39, 0.29) is 17.6 Å². The first-order valence-corrected chi connectivity index (χ1v) is 8.33. The van der Waals surface area contributed by atoms with Crippen LogP contribution in [0.2, 0.25) is 0 Å². The average Bonchev–Trinajstić information content (AvgIpc) is 3.05. The van der Waals surface area contributed by atoms with Gasteiger partial charge in [0.1, 0.15) is 5.82 Å². The second kappa shape index (κ2) is 7.31. The van der Waals surface area contributed by atoms with Gasteiger partial charge in [0.15, 0.2) is 5.82 Å². The van der Waals surface area contributed by atoms with Crippen molar-refractivity contribution in [3.05, 3.63) is 66.0 Å². The Bertz CT molecular complexity index is 818. The standard InChI is InChI=1S/C18H16FN3OS/c1-12(11-13-5-3-2-4-6-13)17(23)21-18-20-16(22-24-18)14-7-9-15(19)10-8-14/h2-10,12H,11H2,1H3,(H,20,21,22,23). The normalized spacial score (nSPS) is 11.9. The molecule has 0 fully saturated rings. The van der Waals surface area contributed by atoms with E-state index in [0.29, 0.717) is 22.9 Å². The zero-order valence-electron chi connectivity index (χ0n) is 13.1. The maximum atomic E-state index is 13.0.